The fourth-order valence-corrected chi connectivity index (χ4v) is 4.44. The van der Waals surface area contributed by atoms with Gasteiger partial charge in [0, 0.05) is 36.2 Å². The summed E-state index contributed by atoms with van der Waals surface area (Å²) in [5.41, 5.74) is -2.56. The summed E-state index contributed by atoms with van der Waals surface area (Å²) >= 11 is 0.918. The summed E-state index contributed by atoms with van der Waals surface area (Å²) < 4.78 is 76.5. The highest BCUT2D eigenvalue weighted by molar-refractivity contribution is 7.99. The average molecular weight is 514 g/mol. The Hall–Kier alpha value is -3.12. The second-order valence-electron chi connectivity index (χ2n) is 8.09. The zero-order valence-electron chi connectivity index (χ0n) is 18.2. The van der Waals surface area contributed by atoms with Crippen LogP contribution < -0.4 is 15.0 Å². The lowest BCUT2D eigenvalue weighted by molar-refractivity contribution is -0.215. The maximum absolute atomic E-state index is 13.1. The molecular formula is C23H19F5N2O4S. The Bertz CT molecular complexity index is 1270. The van der Waals surface area contributed by atoms with Crippen LogP contribution in [-0.4, -0.2) is 39.9 Å². The molecule has 1 saturated carbocycles. The molecule has 35 heavy (non-hydrogen) atoms. The minimum Gasteiger partial charge on any atom is -0.493 e. The van der Waals surface area contributed by atoms with Crippen LogP contribution in [0.1, 0.15) is 18.4 Å². The van der Waals surface area contributed by atoms with Crippen molar-refractivity contribution in [3.63, 3.8) is 0 Å². The summed E-state index contributed by atoms with van der Waals surface area (Å²) in [4.78, 5) is 17.4. The van der Waals surface area contributed by atoms with Gasteiger partial charge in [-0.15, -0.1) is 0 Å². The molecule has 1 aliphatic carbocycles. The molecule has 0 atom stereocenters. The number of alkyl halides is 5. The fraction of sp³-hybridized carbons (Fsp3) is 0.304. The molecule has 1 fully saturated rings. The molecule has 12 heteroatoms. The van der Waals surface area contributed by atoms with Gasteiger partial charge in [-0.05, 0) is 36.4 Å². The zero-order valence-corrected chi connectivity index (χ0v) is 19.0. The lowest BCUT2D eigenvalue weighted by Crippen LogP contribution is -2.55. The zero-order chi connectivity index (χ0) is 25.4. The Labute approximate surface area is 200 Å². The quantitative estimate of drug-likeness (QED) is 0.450. The smallest absolute Gasteiger partial charge is 0.416 e. The van der Waals surface area contributed by atoms with Gasteiger partial charge in [0.2, 0.25) is 0 Å². The monoisotopic (exact) mass is 514 g/mol. The molecule has 1 N–H and O–H groups in total. The summed E-state index contributed by atoms with van der Waals surface area (Å²) in [6.45, 7) is -0.346. The van der Waals surface area contributed by atoms with Gasteiger partial charge in [-0.3, -0.25) is 9.36 Å². The average Bonchev–Trinajstić information content (AvgIpc) is 2.77. The van der Waals surface area contributed by atoms with E-state index in [9.17, 15) is 31.9 Å². The van der Waals surface area contributed by atoms with E-state index in [0.29, 0.717) is 10.6 Å². The van der Waals surface area contributed by atoms with Crippen LogP contribution in [0.4, 0.5) is 22.0 Å². The maximum Gasteiger partial charge on any atom is 0.416 e. The highest BCUT2D eigenvalue weighted by Gasteiger charge is 2.56. The minimum atomic E-state index is -4.46. The molecule has 0 bridgehead atoms. The number of hydrogen-bond donors (Lipinski definition) is 1. The third kappa shape index (κ3) is 5.59. The van der Waals surface area contributed by atoms with Gasteiger partial charge in [-0.2, -0.15) is 13.2 Å². The van der Waals surface area contributed by atoms with Crippen LogP contribution in [0.15, 0.2) is 69.6 Å². The van der Waals surface area contributed by atoms with E-state index in [0.717, 1.165) is 23.9 Å². The Balaban J connectivity index is 1.53. The van der Waals surface area contributed by atoms with Gasteiger partial charge in [-0.1, -0.05) is 11.8 Å². The highest BCUT2D eigenvalue weighted by Crippen LogP contribution is 2.46. The first kappa shape index (κ1) is 25.0. The Morgan fingerprint density at radius 1 is 1.11 bits per heavy atom. The van der Waals surface area contributed by atoms with Crippen molar-refractivity contribution in [2.24, 2.45) is 0 Å². The van der Waals surface area contributed by atoms with E-state index in [2.05, 4.69) is 4.98 Å². The summed E-state index contributed by atoms with van der Waals surface area (Å²) in [5, 5.41) is 10.1. The van der Waals surface area contributed by atoms with E-state index in [1.807, 2.05) is 0 Å². The predicted molar refractivity (Wildman–Crippen MR) is 117 cm³/mol. The molecule has 2 aromatic carbocycles. The van der Waals surface area contributed by atoms with Crippen molar-refractivity contribution in [3.8, 4) is 17.2 Å². The number of aromatic nitrogens is 2. The molecule has 186 valence electrons. The first-order valence-corrected chi connectivity index (χ1v) is 11.1. The molecule has 1 aliphatic rings. The van der Waals surface area contributed by atoms with Gasteiger partial charge < -0.3 is 14.6 Å². The van der Waals surface area contributed by atoms with E-state index in [-0.39, 0.29) is 23.1 Å². The van der Waals surface area contributed by atoms with Crippen molar-refractivity contribution in [1.29, 1.82) is 0 Å². The molecule has 0 aliphatic heterocycles. The molecule has 0 spiro atoms. The van der Waals surface area contributed by atoms with E-state index >= 15 is 0 Å². The topological polar surface area (TPSA) is 73.6 Å². The van der Waals surface area contributed by atoms with Gasteiger partial charge in [-0.25, -0.2) is 13.8 Å². The first-order chi connectivity index (χ1) is 16.4. The highest BCUT2D eigenvalue weighted by atomic mass is 32.2. The largest absolute Gasteiger partial charge is 0.493 e. The van der Waals surface area contributed by atoms with Crippen molar-refractivity contribution in [3.05, 3.63) is 70.8 Å². The number of hydrogen-bond acceptors (Lipinski definition) is 6. The van der Waals surface area contributed by atoms with Gasteiger partial charge >= 0.3 is 6.18 Å². The van der Waals surface area contributed by atoms with Crippen LogP contribution in [0.2, 0.25) is 0 Å². The van der Waals surface area contributed by atoms with Crippen molar-refractivity contribution < 1.29 is 36.5 Å². The molecule has 0 saturated heterocycles. The second-order valence-corrected chi connectivity index (χ2v) is 9.15. The van der Waals surface area contributed by atoms with Crippen molar-refractivity contribution in [2.45, 2.75) is 40.5 Å². The number of halogens is 5. The van der Waals surface area contributed by atoms with E-state index in [1.165, 1.54) is 54.4 Å². The predicted octanol–water partition coefficient (Wildman–Crippen LogP) is 4.95. The normalized spacial score (nSPS) is 16.4. The van der Waals surface area contributed by atoms with Crippen molar-refractivity contribution in [2.75, 3.05) is 13.7 Å². The Kier molecular flexibility index (Phi) is 6.54. The number of nitrogens with zero attached hydrogens (tertiary/aromatic N) is 2. The summed E-state index contributed by atoms with van der Waals surface area (Å²) in [7, 11) is 1.36. The van der Waals surface area contributed by atoms with Crippen LogP contribution in [0.5, 0.6) is 11.5 Å². The van der Waals surface area contributed by atoms with Gasteiger partial charge in [0.05, 0.1) is 18.4 Å². The molecule has 6 nitrogen and oxygen atoms in total. The first-order valence-electron chi connectivity index (χ1n) is 10.2. The summed E-state index contributed by atoms with van der Waals surface area (Å²) in [6.07, 6.45) is -3.06. The summed E-state index contributed by atoms with van der Waals surface area (Å²) in [5.74, 6) is -2.51. The van der Waals surface area contributed by atoms with E-state index < -0.39 is 41.7 Å². The molecule has 3 aromatic rings. The standard InChI is InChI=1S/C23H19F5N2O4S/c1-33-18-10-15(4-7-17(18)34-13-21(32)11-22(24,25)12-21)30-9-8-29-19(20(30)31)35-16-5-2-14(3-6-16)23(26,27)28/h2-10,32H,11-13H2,1H3. The molecule has 0 radical (unpaired) electrons. The van der Waals surface area contributed by atoms with Crippen LogP contribution >= 0.6 is 11.8 Å². The Morgan fingerprint density at radius 3 is 2.40 bits per heavy atom. The van der Waals surface area contributed by atoms with Gasteiger partial charge in [0.1, 0.15) is 12.2 Å². The van der Waals surface area contributed by atoms with E-state index in [1.54, 1.807) is 0 Å². The SMILES string of the molecule is COc1cc(-n2ccnc(Sc3ccc(C(F)(F)F)cc3)c2=O)ccc1OCC1(O)CC(F)(F)C1. The van der Waals surface area contributed by atoms with Crippen molar-refractivity contribution in [1.82, 2.24) is 9.55 Å². The third-order valence-electron chi connectivity index (χ3n) is 5.30. The van der Waals surface area contributed by atoms with Gasteiger partial charge in [0.25, 0.3) is 11.5 Å². The number of rotatable bonds is 7. The van der Waals surface area contributed by atoms with Crippen LogP contribution in [0.25, 0.3) is 5.69 Å². The second kappa shape index (κ2) is 9.15. The fourth-order valence-electron chi connectivity index (χ4n) is 3.64. The number of aliphatic hydroxyl groups is 1. The number of ether oxygens (including phenoxy) is 2. The summed E-state index contributed by atoms with van der Waals surface area (Å²) in [6, 6.07) is 8.86. The maximum atomic E-state index is 13.1. The Morgan fingerprint density at radius 2 is 1.80 bits per heavy atom. The van der Waals surface area contributed by atoms with Crippen LogP contribution in [0, 0.1) is 0 Å². The van der Waals surface area contributed by atoms with Crippen LogP contribution in [0.3, 0.4) is 0 Å². The van der Waals surface area contributed by atoms with E-state index in [4.69, 9.17) is 9.47 Å². The molecule has 0 amide bonds. The minimum absolute atomic E-state index is 0.0414. The van der Waals surface area contributed by atoms with Gasteiger partial charge in [0.15, 0.2) is 16.5 Å². The molecule has 4 rings (SSSR count). The molecule has 0 unspecified atom stereocenters. The number of benzene rings is 2. The van der Waals surface area contributed by atoms with Crippen molar-refractivity contribution >= 4 is 11.8 Å². The lowest BCUT2D eigenvalue weighted by atomic mass is 9.77. The third-order valence-corrected chi connectivity index (χ3v) is 6.28. The lowest BCUT2D eigenvalue weighted by Gasteiger charge is -2.42. The molecular weight excluding hydrogens is 495 g/mol. The molecule has 1 aromatic heterocycles. The van der Waals surface area contributed by atoms with Crippen LogP contribution in [-0.2, 0) is 6.18 Å². The molecule has 1 heterocycles. The number of methoxy groups -OCH3 is 1.